The molecule has 27 heavy (non-hydrogen) atoms. The summed E-state index contributed by atoms with van der Waals surface area (Å²) in [5.41, 5.74) is 2.53. The molecule has 4 rings (SSSR count). The van der Waals surface area contributed by atoms with E-state index < -0.39 is 0 Å². The zero-order valence-corrected chi connectivity index (χ0v) is 15.5. The second kappa shape index (κ2) is 7.43. The quantitative estimate of drug-likeness (QED) is 0.872. The number of amides is 2. The van der Waals surface area contributed by atoms with Crippen molar-refractivity contribution in [3.05, 3.63) is 59.7 Å². The Morgan fingerprint density at radius 1 is 1.00 bits per heavy atom. The maximum Gasteiger partial charge on any atom is 0.254 e. The highest BCUT2D eigenvalue weighted by Crippen LogP contribution is 2.34. The van der Waals surface area contributed by atoms with Gasteiger partial charge in [-0.15, -0.1) is 0 Å². The highest BCUT2D eigenvalue weighted by molar-refractivity contribution is 5.97. The Kier molecular flexibility index (Phi) is 4.84. The second-order valence-corrected chi connectivity index (χ2v) is 7.27. The van der Waals surface area contributed by atoms with Crippen molar-refractivity contribution in [3.8, 4) is 5.75 Å². The van der Waals surface area contributed by atoms with Crippen LogP contribution in [0.2, 0.25) is 0 Å². The first kappa shape index (κ1) is 17.6. The second-order valence-electron chi connectivity index (χ2n) is 7.27. The maximum atomic E-state index is 13.0. The molecule has 5 heteroatoms. The fraction of sp³-hybridized carbons (Fsp3) is 0.364. The molecule has 2 amide bonds. The van der Waals surface area contributed by atoms with Crippen molar-refractivity contribution >= 4 is 17.5 Å². The molecule has 1 saturated heterocycles. The maximum absolute atomic E-state index is 13.0. The van der Waals surface area contributed by atoms with Crippen molar-refractivity contribution < 1.29 is 14.3 Å². The number of anilines is 1. The average Bonchev–Trinajstić information content (AvgIpc) is 3.45. The van der Waals surface area contributed by atoms with Crippen LogP contribution in [0.15, 0.2) is 48.5 Å². The Hall–Kier alpha value is -2.82. The predicted octanol–water partition coefficient (Wildman–Crippen LogP) is 4.02. The summed E-state index contributed by atoms with van der Waals surface area (Å²) in [5, 5.41) is 2.91. The third-order valence-electron chi connectivity index (χ3n) is 5.36. The van der Waals surface area contributed by atoms with Crippen LogP contribution >= 0.6 is 0 Å². The summed E-state index contributed by atoms with van der Waals surface area (Å²) >= 11 is 0. The van der Waals surface area contributed by atoms with E-state index >= 15 is 0 Å². The van der Waals surface area contributed by atoms with E-state index in [9.17, 15) is 9.59 Å². The monoisotopic (exact) mass is 364 g/mol. The number of nitrogens with zero attached hydrogens (tertiary/aromatic N) is 1. The molecule has 2 aromatic rings. The highest BCUT2D eigenvalue weighted by Gasteiger charge is 2.31. The van der Waals surface area contributed by atoms with Crippen LogP contribution in [0.4, 0.5) is 5.69 Å². The molecule has 0 unspecified atom stereocenters. The molecule has 1 atom stereocenters. The smallest absolute Gasteiger partial charge is 0.254 e. The molecule has 0 aromatic heterocycles. The SMILES string of the molecule is COc1ccc([C@H]2CCCN2C(=O)c2ccc(NC(=O)C3CC3)cc2)cc1. The van der Waals surface area contributed by atoms with E-state index in [2.05, 4.69) is 5.32 Å². The summed E-state index contributed by atoms with van der Waals surface area (Å²) < 4.78 is 5.22. The van der Waals surface area contributed by atoms with Gasteiger partial charge in [-0.2, -0.15) is 0 Å². The van der Waals surface area contributed by atoms with Crippen LogP contribution in [0.1, 0.15) is 47.6 Å². The number of ether oxygens (including phenoxy) is 1. The lowest BCUT2D eigenvalue weighted by Crippen LogP contribution is -2.30. The summed E-state index contributed by atoms with van der Waals surface area (Å²) in [6.07, 6.45) is 3.92. The van der Waals surface area contributed by atoms with Gasteiger partial charge in [0.25, 0.3) is 5.91 Å². The molecule has 0 bridgehead atoms. The lowest BCUT2D eigenvalue weighted by atomic mass is 10.0. The van der Waals surface area contributed by atoms with Gasteiger partial charge < -0.3 is 15.0 Å². The van der Waals surface area contributed by atoms with Crippen molar-refractivity contribution in [2.75, 3.05) is 19.0 Å². The Morgan fingerprint density at radius 2 is 1.70 bits per heavy atom. The summed E-state index contributed by atoms with van der Waals surface area (Å²) in [4.78, 5) is 26.8. The van der Waals surface area contributed by atoms with E-state index in [0.717, 1.165) is 49.2 Å². The summed E-state index contributed by atoms with van der Waals surface area (Å²) in [6.45, 7) is 0.760. The first-order valence-corrected chi connectivity index (χ1v) is 9.51. The van der Waals surface area contributed by atoms with Crippen molar-refractivity contribution in [2.45, 2.75) is 31.7 Å². The van der Waals surface area contributed by atoms with Crippen molar-refractivity contribution in [1.29, 1.82) is 0 Å². The molecule has 1 N–H and O–H groups in total. The number of likely N-dealkylation sites (tertiary alicyclic amines) is 1. The molecule has 1 aliphatic carbocycles. The zero-order valence-electron chi connectivity index (χ0n) is 15.5. The van der Waals surface area contributed by atoms with Crippen LogP contribution in [0.3, 0.4) is 0 Å². The Labute approximate surface area is 159 Å². The number of carbonyl (C=O) groups excluding carboxylic acids is 2. The summed E-state index contributed by atoms with van der Waals surface area (Å²) in [6, 6.07) is 15.3. The van der Waals surface area contributed by atoms with Gasteiger partial charge in [-0.1, -0.05) is 12.1 Å². The van der Waals surface area contributed by atoms with E-state index in [1.54, 1.807) is 19.2 Å². The van der Waals surface area contributed by atoms with E-state index in [1.165, 1.54) is 0 Å². The number of rotatable bonds is 5. The highest BCUT2D eigenvalue weighted by atomic mass is 16.5. The third kappa shape index (κ3) is 3.82. The summed E-state index contributed by atoms with van der Waals surface area (Å²) in [7, 11) is 1.65. The largest absolute Gasteiger partial charge is 0.497 e. The number of methoxy groups -OCH3 is 1. The van der Waals surface area contributed by atoms with Gasteiger partial charge in [0, 0.05) is 23.7 Å². The van der Waals surface area contributed by atoms with Gasteiger partial charge in [-0.25, -0.2) is 0 Å². The number of carbonyl (C=O) groups is 2. The molecule has 0 radical (unpaired) electrons. The fourth-order valence-corrected chi connectivity index (χ4v) is 3.63. The Balaban J connectivity index is 1.46. The molecular weight excluding hydrogens is 340 g/mol. The number of hydrogen-bond acceptors (Lipinski definition) is 3. The molecule has 1 saturated carbocycles. The van der Waals surface area contributed by atoms with Crippen LogP contribution in [0.25, 0.3) is 0 Å². The van der Waals surface area contributed by atoms with Gasteiger partial charge in [-0.3, -0.25) is 9.59 Å². The molecule has 140 valence electrons. The lowest BCUT2D eigenvalue weighted by Gasteiger charge is -2.25. The molecule has 2 aromatic carbocycles. The van der Waals surface area contributed by atoms with E-state index in [0.29, 0.717) is 5.56 Å². The minimum Gasteiger partial charge on any atom is -0.497 e. The van der Waals surface area contributed by atoms with Gasteiger partial charge in [0.15, 0.2) is 0 Å². The molecule has 2 fully saturated rings. The third-order valence-corrected chi connectivity index (χ3v) is 5.36. The molecule has 0 spiro atoms. The van der Waals surface area contributed by atoms with Crippen molar-refractivity contribution in [2.24, 2.45) is 5.92 Å². The van der Waals surface area contributed by atoms with Gasteiger partial charge in [0.2, 0.25) is 5.91 Å². The standard InChI is InChI=1S/C22H24N2O3/c1-27-19-12-8-15(9-13-19)20-3-2-14-24(20)22(26)17-6-10-18(11-7-17)23-21(25)16-4-5-16/h6-13,16,20H,2-5,14H2,1H3,(H,23,25)/t20-/m1/s1. The van der Waals surface area contributed by atoms with Gasteiger partial charge in [0.05, 0.1) is 13.2 Å². The minimum atomic E-state index is 0.0355. The molecule has 1 heterocycles. The molecule has 5 nitrogen and oxygen atoms in total. The minimum absolute atomic E-state index is 0.0355. The van der Waals surface area contributed by atoms with Crippen molar-refractivity contribution in [1.82, 2.24) is 4.90 Å². The Bertz CT molecular complexity index is 826. The van der Waals surface area contributed by atoms with Gasteiger partial charge >= 0.3 is 0 Å². The Morgan fingerprint density at radius 3 is 2.33 bits per heavy atom. The van der Waals surface area contributed by atoms with E-state index in [-0.39, 0.29) is 23.8 Å². The molecular formula is C22H24N2O3. The first-order valence-electron chi connectivity index (χ1n) is 9.51. The van der Waals surface area contributed by atoms with Crippen LogP contribution < -0.4 is 10.1 Å². The first-order chi connectivity index (χ1) is 13.2. The molecule has 2 aliphatic rings. The normalized spacial score (nSPS) is 19.0. The number of hydrogen-bond donors (Lipinski definition) is 1. The average molecular weight is 364 g/mol. The van der Waals surface area contributed by atoms with E-state index in [4.69, 9.17) is 4.74 Å². The zero-order chi connectivity index (χ0) is 18.8. The van der Waals surface area contributed by atoms with Gasteiger partial charge in [0.1, 0.15) is 5.75 Å². The van der Waals surface area contributed by atoms with Crippen LogP contribution in [-0.4, -0.2) is 30.4 Å². The van der Waals surface area contributed by atoms with Crippen LogP contribution in [0, 0.1) is 5.92 Å². The number of benzene rings is 2. The van der Waals surface area contributed by atoms with E-state index in [1.807, 2.05) is 41.3 Å². The van der Waals surface area contributed by atoms with Crippen LogP contribution in [-0.2, 0) is 4.79 Å². The predicted molar refractivity (Wildman–Crippen MR) is 104 cm³/mol. The van der Waals surface area contributed by atoms with Gasteiger partial charge in [-0.05, 0) is 67.6 Å². The molecule has 1 aliphatic heterocycles. The summed E-state index contributed by atoms with van der Waals surface area (Å²) in [5.74, 6) is 1.10. The van der Waals surface area contributed by atoms with Crippen molar-refractivity contribution in [3.63, 3.8) is 0 Å². The topological polar surface area (TPSA) is 58.6 Å². The fourth-order valence-electron chi connectivity index (χ4n) is 3.63. The lowest BCUT2D eigenvalue weighted by molar-refractivity contribution is -0.117. The number of nitrogens with one attached hydrogen (secondary N) is 1. The van der Waals surface area contributed by atoms with Crippen LogP contribution in [0.5, 0.6) is 5.75 Å².